The van der Waals surface area contributed by atoms with Crippen LogP contribution in [-0.2, 0) is 9.31 Å². The van der Waals surface area contributed by atoms with Crippen molar-refractivity contribution in [3.63, 3.8) is 0 Å². The molecule has 4 nitrogen and oxygen atoms in total. The molecule has 0 bridgehead atoms. The summed E-state index contributed by atoms with van der Waals surface area (Å²) in [7, 11) is -0.425. The predicted octanol–water partition coefficient (Wildman–Crippen LogP) is 2.41. The number of hydrogen-bond acceptors (Lipinski definition) is 4. The molecule has 1 aliphatic rings. The fourth-order valence-electron chi connectivity index (χ4n) is 2.40. The standard InChI is InChI=1S/C16H17BN2O2/c1-15(2)16(3,4)21-17(20-15)12-6-5-11-7-8-19-14(10-18)13(11)9-12/h5-9H,1-4H3. The van der Waals surface area contributed by atoms with Crippen molar-refractivity contribution < 1.29 is 9.31 Å². The van der Waals surface area contributed by atoms with Crippen molar-refractivity contribution >= 4 is 23.4 Å². The summed E-state index contributed by atoms with van der Waals surface area (Å²) in [5.74, 6) is 0. The first kappa shape index (κ1) is 14.1. The topological polar surface area (TPSA) is 55.1 Å². The Labute approximate surface area is 124 Å². The van der Waals surface area contributed by atoms with Crippen molar-refractivity contribution in [2.45, 2.75) is 38.9 Å². The molecule has 106 valence electrons. The zero-order chi connectivity index (χ0) is 15.3. The highest BCUT2D eigenvalue weighted by molar-refractivity contribution is 6.62. The Morgan fingerprint density at radius 1 is 1.10 bits per heavy atom. The molecule has 21 heavy (non-hydrogen) atoms. The molecule has 1 saturated heterocycles. The van der Waals surface area contributed by atoms with E-state index in [9.17, 15) is 5.26 Å². The molecule has 1 aliphatic heterocycles. The first-order chi connectivity index (χ1) is 9.84. The van der Waals surface area contributed by atoms with E-state index in [2.05, 4.69) is 11.1 Å². The van der Waals surface area contributed by atoms with Crippen molar-refractivity contribution in [1.29, 1.82) is 5.26 Å². The van der Waals surface area contributed by atoms with E-state index in [0.717, 1.165) is 16.2 Å². The molecular formula is C16H17BN2O2. The lowest BCUT2D eigenvalue weighted by atomic mass is 9.78. The zero-order valence-corrected chi connectivity index (χ0v) is 12.7. The van der Waals surface area contributed by atoms with Gasteiger partial charge in [-0.2, -0.15) is 5.26 Å². The lowest BCUT2D eigenvalue weighted by Crippen LogP contribution is -2.41. The van der Waals surface area contributed by atoms with Gasteiger partial charge in [0.05, 0.1) is 11.2 Å². The van der Waals surface area contributed by atoms with Gasteiger partial charge in [0.15, 0.2) is 0 Å². The van der Waals surface area contributed by atoms with Crippen LogP contribution in [0.25, 0.3) is 10.8 Å². The molecular weight excluding hydrogens is 263 g/mol. The summed E-state index contributed by atoms with van der Waals surface area (Å²) < 4.78 is 12.1. The van der Waals surface area contributed by atoms with Gasteiger partial charge in [0, 0.05) is 11.6 Å². The molecule has 5 heteroatoms. The fourth-order valence-corrected chi connectivity index (χ4v) is 2.40. The second kappa shape index (κ2) is 4.55. The van der Waals surface area contributed by atoms with Crippen LogP contribution < -0.4 is 5.46 Å². The van der Waals surface area contributed by atoms with Crippen molar-refractivity contribution in [3.05, 3.63) is 36.2 Å². The summed E-state index contributed by atoms with van der Waals surface area (Å²) in [5.41, 5.74) is 0.579. The van der Waals surface area contributed by atoms with E-state index < -0.39 is 7.12 Å². The van der Waals surface area contributed by atoms with Gasteiger partial charge in [0.2, 0.25) is 0 Å². The highest BCUT2D eigenvalue weighted by Crippen LogP contribution is 2.36. The molecule has 0 saturated carbocycles. The van der Waals surface area contributed by atoms with Gasteiger partial charge in [0.1, 0.15) is 11.8 Å². The van der Waals surface area contributed by atoms with Crippen LogP contribution in [0.5, 0.6) is 0 Å². The van der Waals surface area contributed by atoms with Gasteiger partial charge in [-0.3, -0.25) is 0 Å². The second-order valence-electron chi connectivity index (χ2n) is 6.34. The number of nitrogens with zero attached hydrogens (tertiary/aromatic N) is 2. The molecule has 3 rings (SSSR count). The van der Waals surface area contributed by atoms with Crippen molar-refractivity contribution in [3.8, 4) is 6.07 Å². The van der Waals surface area contributed by atoms with E-state index in [4.69, 9.17) is 9.31 Å². The van der Waals surface area contributed by atoms with Crippen molar-refractivity contribution in [2.24, 2.45) is 0 Å². The molecule has 0 spiro atoms. The monoisotopic (exact) mass is 280 g/mol. The van der Waals surface area contributed by atoms with Crippen LogP contribution in [-0.4, -0.2) is 23.3 Å². The molecule has 0 unspecified atom stereocenters. The number of fused-ring (bicyclic) bond motifs is 1. The molecule has 1 fully saturated rings. The highest BCUT2D eigenvalue weighted by atomic mass is 16.7. The van der Waals surface area contributed by atoms with Gasteiger partial charge in [-0.25, -0.2) is 4.98 Å². The van der Waals surface area contributed by atoms with Gasteiger partial charge in [-0.05, 0) is 44.6 Å². The minimum absolute atomic E-state index is 0.375. The van der Waals surface area contributed by atoms with Crippen LogP contribution in [0, 0.1) is 11.3 Å². The number of benzene rings is 1. The average molecular weight is 280 g/mol. The summed E-state index contributed by atoms with van der Waals surface area (Å²) in [5, 5.41) is 11.0. The average Bonchev–Trinajstić information content (AvgIpc) is 2.66. The first-order valence-electron chi connectivity index (χ1n) is 6.98. The quantitative estimate of drug-likeness (QED) is 0.753. The Morgan fingerprint density at radius 3 is 2.38 bits per heavy atom. The maximum absolute atomic E-state index is 9.18. The Balaban J connectivity index is 2.05. The summed E-state index contributed by atoms with van der Waals surface area (Å²) in [6.45, 7) is 8.10. The summed E-state index contributed by atoms with van der Waals surface area (Å²) in [6.07, 6.45) is 1.65. The predicted molar refractivity (Wildman–Crippen MR) is 82.2 cm³/mol. The molecule has 2 aromatic rings. The van der Waals surface area contributed by atoms with E-state index in [1.807, 2.05) is 52.0 Å². The van der Waals surface area contributed by atoms with E-state index in [-0.39, 0.29) is 11.2 Å². The third kappa shape index (κ3) is 2.21. The molecule has 0 amide bonds. The molecule has 1 aromatic carbocycles. The molecule has 0 atom stereocenters. The number of aromatic nitrogens is 1. The van der Waals surface area contributed by atoms with E-state index >= 15 is 0 Å². The minimum atomic E-state index is -0.425. The highest BCUT2D eigenvalue weighted by Gasteiger charge is 2.51. The molecule has 0 radical (unpaired) electrons. The Bertz CT molecular complexity index is 734. The lowest BCUT2D eigenvalue weighted by Gasteiger charge is -2.32. The van der Waals surface area contributed by atoms with Crippen LogP contribution in [0.4, 0.5) is 0 Å². The van der Waals surface area contributed by atoms with Crippen LogP contribution in [0.1, 0.15) is 33.4 Å². The number of pyridine rings is 1. The van der Waals surface area contributed by atoms with Crippen LogP contribution in [0.3, 0.4) is 0 Å². The largest absolute Gasteiger partial charge is 0.494 e. The first-order valence-corrected chi connectivity index (χ1v) is 6.98. The molecule has 0 aliphatic carbocycles. The smallest absolute Gasteiger partial charge is 0.399 e. The van der Waals surface area contributed by atoms with Gasteiger partial charge >= 0.3 is 7.12 Å². The summed E-state index contributed by atoms with van der Waals surface area (Å²) >= 11 is 0. The van der Waals surface area contributed by atoms with E-state index in [1.54, 1.807) is 6.20 Å². The van der Waals surface area contributed by atoms with Gasteiger partial charge in [0.25, 0.3) is 0 Å². The maximum Gasteiger partial charge on any atom is 0.494 e. The fraction of sp³-hybridized carbons (Fsp3) is 0.375. The second-order valence-corrected chi connectivity index (χ2v) is 6.34. The van der Waals surface area contributed by atoms with Crippen LogP contribution >= 0.6 is 0 Å². The third-order valence-electron chi connectivity index (χ3n) is 4.42. The minimum Gasteiger partial charge on any atom is -0.399 e. The van der Waals surface area contributed by atoms with Gasteiger partial charge in [-0.15, -0.1) is 0 Å². The number of nitriles is 1. The molecule has 0 N–H and O–H groups in total. The Morgan fingerprint density at radius 2 is 1.76 bits per heavy atom. The SMILES string of the molecule is CC1(C)OB(c2ccc3ccnc(C#N)c3c2)OC1(C)C. The summed E-state index contributed by atoms with van der Waals surface area (Å²) in [4.78, 5) is 4.11. The zero-order valence-electron chi connectivity index (χ0n) is 12.7. The molecule has 2 heterocycles. The lowest BCUT2D eigenvalue weighted by molar-refractivity contribution is 0.00578. The van der Waals surface area contributed by atoms with Crippen molar-refractivity contribution in [2.75, 3.05) is 0 Å². The number of rotatable bonds is 1. The normalized spacial score (nSPS) is 19.7. The third-order valence-corrected chi connectivity index (χ3v) is 4.42. The Kier molecular flexibility index (Phi) is 3.05. The summed E-state index contributed by atoms with van der Waals surface area (Å²) in [6, 6.07) is 9.90. The molecule has 1 aromatic heterocycles. The van der Waals surface area contributed by atoms with Gasteiger partial charge < -0.3 is 9.31 Å². The van der Waals surface area contributed by atoms with E-state index in [0.29, 0.717) is 5.69 Å². The maximum atomic E-state index is 9.18. The van der Waals surface area contributed by atoms with E-state index in [1.165, 1.54) is 0 Å². The number of hydrogen-bond donors (Lipinski definition) is 0. The van der Waals surface area contributed by atoms with Gasteiger partial charge in [-0.1, -0.05) is 18.2 Å². The van der Waals surface area contributed by atoms with Crippen LogP contribution in [0.15, 0.2) is 30.5 Å². The van der Waals surface area contributed by atoms with Crippen molar-refractivity contribution in [1.82, 2.24) is 4.98 Å². The van der Waals surface area contributed by atoms with Crippen LogP contribution in [0.2, 0.25) is 0 Å². The Hall–Kier alpha value is -1.90.